The first-order chi connectivity index (χ1) is 22.5. The van der Waals surface area contributed by atoms with Crippen molar-refractivity contribution in [3.63, 3.8) is 0 Å². The maximum atomic E-state index is 13.4. The lowest BCUT2D eigenvalue weighted by molar-refractivity contribution is -0.167. The van der Waals surface area contributed by atoms with Crippen LogP contribution in [0.3, 0.4) is 0 Å². The largest absolute Gasteiger partial charge is 0.477 e. The molecule has 0 radical (unpaired) electrons. The predicted octanol–water partition coefficient (Wildman–Crippen LogP) is 1.72. The van der Waals surface area contributed by atoms with E-state index in [1.54, 1.807) is 35.6 Å². The number of nitrogens with zero attached hydrogens (tertiary/aromatic N) is 7. The number of carboxylic acid groups (broad SMARTS) is 1. The summed E-state index contributed by atoms with van der Waals surface area (Å²) in [6.45, 7) is 0.0205. The van der Waals surface area contributed by atoms with Crippen LogP contribution in [0.1, 0.15) is 11.3 Å². The highest BCUT2D eigenvalue weighted by atomic mass is 32.2. The normalized spacial score (nSPS) is 17.8. The average Bonchev–Trinajstić information content (AvgIpc) is 3.69. The molecule has 0 spiro atoms. The molecule has 3 amide bonds. The zero-order chi connectivity index (χ0) is 33.7. The zero-order valence-corrected chi connectivity index (χ0v) is 26.0. The van der Waals surface area contributed by atoms with Gasteiger partial charge in [-0.3, -0.25) is 24.6 Å². The number of carboxylic acids is 1. The molecule has 244 valence electrons. The number of amides is 3. The Balaban J connectivity index is 1.32. The van der Waals surface area contributed by atoms with Crippen LogP contribution in [0.2, 0.25) is 0 Å². The molecule has 1 saturated heterocycles. The van der Waals surface area contributed by atoms with Crippen molar-refractivity contribution in [2.75, 3.05) is 16.8 Å². The predicted molar refractivity (Wildman–Crippen MR) is 162 cm³/mol. The van der Waals surface area contributed by atoms with Gasteiger partial charge < -0.3 is 15.3 Å². The van der Waals surface area contributed by atoms with Crippen LogP contribution < -0.4 is 10.6 Å². The highest BCUT2D eigenvalue weighted by Crippen LogP contribution is 2.41. The number of nitrogens with one attached hydrogen (secondary N) is 2. The number of anilines is 1. The van der Waals surface area contributed by atoms with E-state index in [0.29, 0.717) is 27.6 Å². The molecule has 1 unspecified atom stereocenters. The van der Waals surface area contributed by atoms with Crippen molar-refractivity contribution in [3.8, 4) is 12.3 Å². The molecule has 2 atom stereocenters. The lowest BCUT2D eigenvalue weighted by atomic mass is 10.0. The van der Waals surface area contributed by atoms with Crippen LogP contribution in [-0.2, 0) is 37.2 Å². The summed E-state index contributed by atoms with van der Waals surface area (Å²) in [5.74, 6) is -2.56. The smallest absolute Gasteiger partial charge is 0.471 e. The van der Waals surface area contributed by atoms with Crippen molar-refractivity contribution in [2.45, 2.75) is 35.9 Å². The number of aliphatic carboxylic acids is 1. The maximum absolute atomic E-state index is 13.4. The zero-order valence-electron chi connectivity index (χ0n) is 23.5. The van der Waals surface area contributed by atoms with E-state index in [9.17, 15) is 37.5 Å². The number of thiazole rings is 1. The summed E-state index contributed by atoms with van der Waals surface area (Å²) < 4.78 is 39.6. The van der Waals surface area contributed by atoms with Gasteiger partial charge in [0.2, 0.25) is 5.16 Å². The first kappa shape index (κ1) is 33.4. The number of carbonyl (C=O) groups excluding carboxylic acids is 3. The first-order valence-electron chi connectivity index (χ1n) is 13.1. The second-order valence-electron chi connectivity index (χ2n) is 9.42. The first-order valence-corrected chi connectivity index (χ1v) is 16.0. The van der Waals surface area contributed by atoms with Crippen LogP contribution in [0, 0.1) is 12.3 Å². The fraction of sp³-hybridized carbons (Fsp3) is 0.269. The van der Waals surface area contributed by atoms with Gasteiger partial charge in [-0.2, -0.15) is 13.2 Å². The van der Waals surface area contributed by atoms with Crippen molar-refractivity contribution in [2.24, 2.45) is 5.16 Å². The van der Waals surface area contributed by atoms with Crippen molar-refractivity contribution >= 4 is 69.4 Å². The molecule has 1 aromatic carbocycles. The Morgan fingerprint density at radius 3 is 2.72 bits per heavy atom. The van der Waals surface area contributed by atoms with Gasteiger partial charge in [0, 0.05) is 16.9 Å². The van der Waals surface area contributed by atoms with Crippen molar-refractivity contribution in [1.82, 2.24) is 35.4 Å². The van der Waals surface area contributed by atoms with Crippen molar-refractivity contribution < 1.29 is 42.3 Å². The molecule has 3 N–H and O–H groups in total. The number of thioether (sulfide) groups is 2. The minimum atomic E-state index is -5.17. The van der Waals surface area contributed by atoms with Crippen LogP contribution >= 0.6 is 34.9 Å². The molecule has 2 aliphatic rings. The minimum absolute atomic E-state index is 0.0866. The number of benzene rings is 1. The summed E-state index contributed by atoms with van der Waals surface area (Å²) in [4.78, 5) is 60.5. The van der Waals surface area contributed by atoms with Gasteiger partial charge >= 0.3 is 18.1 Å². The van der Waals surface area contributed by atoms with Gasteiger partial charge in [0.15, 0.2) is 10.8 Å². The quantitative estimate of drug-likeness (QED) is 0.0813. The third-order valence-corrected chi connectivity index (χ3v) is 9.46. The number of β-lactam (4-membered cyclic amide) rings is 1. The number of rotatable bonds is 12. The Bertz CT molecular complexity index is 1810. The summed E-state index contributed by atoms with van der Waals surface area (Å²) in [5.41, 5.74) is 0.135. The lowest BCUT2D eigenvalue weighted by Crippen LogP contribution is -2.71. The number of alkyl halides is 3. The Labute approximate surface area is 275 Å². The molecular weight excluding hydrogens is 688 g/mol. The summed E-state index contributed by atoms with van der Waals surface area (Å²) in [5, 5.41) is 29.4. The minimum Gasteiger partial charge on any atom is -0.477 e. The maximum Gasteiger partial charge on any atom is 0.471 e. The third kappa shape index (κ3) is 7.55. The summed E-state index contributed by atoms with van der Waals surface area (Å²) in [6.07, 6.45) is 0.142. The number of fused-ring (bicyclic) bond motifs is 1. The number of oxime groups is 1. The Kier molecular flexibility index (Phi) is 10.1. The van der Waals surface area contributed by atoms with E-state index in [4.69, 9.17) is 11.3 Å². The monoisotopic (exact) mass is 707 g/mol. The topological polar surface area (TPSA) is 194 Å². The molecule has 5 rings (SSSR count). The number of halogens is 3. The Morgan fingerprint density at radius 2 is 2.02 bits per heavy atom. The number of hydrogen-bond donors (Lipinski definition) is 3. The van der Waals surface area contributed by atoms with Crippen LogP contribution in [0.15, 0.2) is 57.3 Å². The van der Waals surface area contributed by atoms with Gasteiger partial charge in [0.25, 0.3) is 11.8 Å². The fourth-order valence-corrected chi connectivity index (χ4v) is 7.25. The number of carbonyl (C=O) groups is 4. The molecule has 3 aromatic rings. The molecule has 1 fully saturated rings. The van der Waals surface area contributed by atoms with Crippen molar-refractivity contribution in [1.29, 1.82) is 0 Å². The van der Waals surface area contributed by atoms with E-state index < -0.39 is 52.1 Å². The van der Waals surface area contributed by atoms with Crippen LogP contribution in [0.5, 0.6) is 0 Å². The standard InChI is InChI=1S/C26H20F3N9O6S3/c1-2-8-37-25(33-35-36-37)47-11-14-10-45-21-17(20(40)38(21)18(14)22(41)42)31-19(39)16(34-44-9-13-6-4-3-5-7-13)15-12-46-24(30-15)32-23(43)26(27,28)29/h1,3-7,12,17,21H,8-11H2,(H,31,39)(H,41,42)(H,30,32,43)/t17?,21-/m1/s1. The third-order valence-electron chi connectivity index (χ3n) is 6.32. The second-order valence-corrected chi connectivity index (χ2v) is 12.3. The molecule has 47 heavy (non-hydrogen) atoms. The van der Waals surface area contributed by atoms with E-state index in [-0.39, 0.29) is 36.0 Å². The second kappa shape index (κ2) is 14.2. The number of aromatic nitrogens is 5. The number of terminal acetylenes is 1. The average molecular weight is 708 g/mol. The molecule has 0 saturated carbocycles. The molecule has 21 heteroatoms. The van der Waals surface area contributed by atoms with Crippen LogP contribution in [0.4, 0.5) is 18.3 Å². The summed E-state index contributed by atoms with van der Waals surface area (Å²) in [6, 6.07) is 7.54. The number of hydrogen-bond acceptors (Lipinski definition) is 13. The SMILES string of the molecule is C#CCn1nnnc1SCC1=C(C(=O)O)N2C(=O)C(NC(=O)C(=NOCc3ccccc3)c3csc(NC(=O)C(F)(F)F)n3)[C@H]2SC1. The molecule has 2 aliphatic heterocycles. The lowest BCUT2D eigenvalue weighted by Gasteiger charge is -2.49. The van der Waals surface area contributed by atoms with Gasteiger partial charge in [-0.15, -0.1) is 34.6 Å². The van der Waals surface area contributed by atoms with E-state index in [1.165, 1.54) is 21.8 Å². The van der Waals surface area contributed by atoms with Crippen molar-refractivity contribution in [3.05, 3.63) is 58.2 Å². The van der Waals surface area contributed by atoms with Gasteiger partial charge in [-0.05, 0) is 21.6 Å². The molecular formula is C26H20F3N9O6S3. The number of tetrazole rings is 1. The van der Waals surface area contributed by atoms with E-state index in [0.717, 1.165) is 16.7 Å². The van der Waals surface area contributed by atoms with Crippen LogP contribution in [0.25, 0.3) is 0 Å². The molecule has 2 aromatic heterocycles. The van der Waals surface area contributed by atoms with E-state index in [1.807, 2.05) is 0 Å². The van der Waals surface area contributed by atoms with Gasteiger partial charge in [-0.25, -0.2) is 14.5 Å². The van der Waals surface area contributed by atoms with E-state index >= 15 is 0 Å². The Morgan fingerprint density at radius 1 is 1.26 bits per heavy atom. The van der Waals surface area contributed by atoms with Gasteiger partial charge in [-0.1, -0.05) is 53.2 Å². The summed E-state index contributed by atoms with van der Waals surface area (Å²) in [7, 11) is 0. The molecule has 0 aliphatic carbocycles. The molecule has 0 bridgehead atoms. The van der Waals surface area contributed by atoms with Gasteiger partial charge in [0.1, 0.15) is 36.0 Å². The van der Waals surface area contributed by atoms with E-state index in [2.05, 4.69) is 36.9 Å². The van der Waals surface area contributed by atoms with Gasteiger partial charge in [0.05, 0.1) is 0 Å². The Hall–Kier alpha value is -4.94. The summed E-state index contributed by atoms with van der Waals surface area (Å²) >= 11 is 2.95. The van der Waals surface area contributed by atoms with Crippen LogP contribution in [-0.4, -0.2) is 93.7 Å². The molecule has 15 nitrogen and oxygen atoms in total. The fourth-order valence-electron chi connectivity index (χ4n) is 4.20. The molecule has 4 heterocycles. The highest BCUT2D eigenvalue weighted by Gasteiger charge is 2.54. The highest BCUT2D eigenvalue weighted by molar-refractivity contribution is 8.01.